The molecule has 1 unspecified atom stereocenters. The maximum atomic E-state index is 2.68. The van der Waals surface area contributed by atoms with Gasteiger partial charge in [-0.3, -0.25) is 4.90 Å². The van der Waals surface area contributed by atoms with E-state index in [1.54, 1.807) is 0 Å². The van der Waals surface area contributed by atoms with Gasteiger partial charge in [-0.05, 0) is 53.6 Å². The van der Waals surface area contributed by atoms with Crippen molar-refractivity contribution in [3.63, 3.8) is 0 Å². The Labute approximate surface area is 95.6 Å². The zero-order chi connectivity index (χ0) is 11.4. The molecule has 1 aliphatic heterocycles. The second-order valence-corrected chi connectivity index (χ2v) is 5.38. The average Bonchev–Trinajstić information content (AvgIpc) is 2.52. The summed E-state index contributed by atoms with van der Waals surface area (Å²) < 4.78 is 0. The van der Waals surface area contributed by atoms with Gasteiger partial charge in [-0.2, -0.15) is 0 Å². The predicted molar refractivity (Wildman–Crippen MR) is 67.2 cm³/mol. The fourth-order valence-corrected chi connectivity index (χ4v) is 3.01. The van der Waals surface area contributed by atoms with Gasteiger partial charge >= 0.3 is 0 Å². The first kappa shape index (κ1) is 13.0. The zero-order valence-electron chi connectivity index (χ0n) is 11.2. The Bertz CT molecular complexity index is 169. The molecule has 0 aliphatic carbocycles. The van der Waals surface area contributed by atoms with Crippen LogP contribution in [0, 0.1) is 0 Å². The maximum absolute atomic E-state index is 2.68. The fourth-order valence-electron chi connectivity index (χ4n) is 3.01. The highest BCUT2D eigenvalue weighted by Gasteiger charge is 2.29. The molecule has 2 heteroatoms. The molecule has 0 aromatic carbocycles. The standard InChI is InChI=1S/C13H28N2/c1-6-8-14-9-7-13(10-14)15(11(2)3)12(4)5/h11-13H,6-10H2,1-5H3. The van der Waals surface area contributed by atoms with E-state index < -0.39 is 0 Å². The van der Waals surface area contributed by atoms with Crippen molar-refractivity contribution in [3.8, 4) is 0 Å². The highest BCUT2D eigenvalue weighted by Crippen LogP contribution is 2.20. The highest BCUT2D eigenvalue weighted by molar-refractivity contribution is 4.86. The van der Waals surface area contributed by atoms with Crippen molar-refractivity contribution in [1.29, 1.82) is 0 Å². The molecule has 0 amide bonds. The Morgan fingerprint density at radius 2 is 1.80 bits per heavy atom. The minimum Gasteiger partial charge on any atom is -0.302 e. The number of hydrogen-bond donors (Lipinski definition) is 0. The van der Waals surface area contributed by atoms with Crippen LogP contribution in [-0.4, -0.2) is 47.6 Å². The minimum atomic E-state index is 0.677. The molecule has 0 N–H and O–H groups in total. The molecule has 15 heavy (non-hydrogen) atoms. The summed E-state index contributed by atoms with van der Waals surface area (Å²) in [4.78, 5) is 5.29. The number of likely N-dealkylation sites (tertiary alicyclic amines) is 1. The number of nitrogens with zero attached hydrogens (tertiary/aromatic N) is 2. The van der Waals surface area contributed by atoms with Crippen LogP contribution in [0.25, 0.3) is 0 Å². The molecule has 2 nitrogen and oxygen atoms in total. The van der Waals surface area contributed by atoms with Crippen LogP contribution in [0.3, 0.4) is 0 Å². The molecule has 1 rings (SSSR count). The third-order valence-corrected chi connectivity index (χ3v) is 3.40. The van der Waals surface area contributed by atoms with E-state index in [-0.39, 0.29) is 0 Å². The molecule has 90 valence electrons. The second kappa shape index (κ2) is 5.86. The van der Waals surface area contributed by atoms with Crippen LogP contribution in [0.5, 0.6) is 0 Å². The summed E-state index contributed by atoms with van der Waals surface area (Å²) in [6, 6.07) is 2.14. The van der Waals surface area contributed by atoms with Crippen molar-refractivity contribution < 1.29 is 0 Å². The molecule has 0 saturated carbocycles. The molecule has 0 aromatic rings. The summed E-state index contributed by atoms with van der Waals surface area (Å²) in [7, 11) is 0. The van der Waals surface area contributed by atoms with Gasteiger partial charge in [0.15, 0.2) is 0 Å². The molecular formula is C13H28N2. The Kier molecular flexibility index (Phi) is 5.07. The Hall–Kier alpha value is -0.0800. The lowest BCUT2D eigenvalue weighted by atomic mass is 10.1. The number of hydrogen-bond acceptors (Lipinski definition) is 2. The molecule has 0 bridgehead atoms. The van der Waals surface area contributed by atoms with E-state index in [2.05, 4.69) is 44.4 Å². The third-order valence-electron chi connectivity index (χ3n) is 3.40. The fraction of sp³-hybridized carbons (Fsp3) is 1.00. The van der Waals surface area contributed by atoms with Crippen molar-refractivity contribution in [2.24, 2.45) is 0 Å². The SMILES string of the molecule is CCCN1CCC(N(C(C)C)C(C)C)C1. The lowest BCUT2D eigenvalue weighted by Gasteiger charge is -2.36. The van der Waals surface area contributed by atoms with Gasteiger partial charge in [0.25, 0.3) is 0 Å². The van der Waals surface area contributed by atoms with Crippen LogP contribution in [0.15, 0.2) is 0 Å². The van der Waals surface area contributed by atoms with Crippen LogP contribution < -0.4 is 0 Å². The van der Waals surface area contributed by atoms with Crippen molar-refractivity contribution in [3.05, 3.63) is 0 Å². The van der Waals surface area contributed by atoms with E-state index in [1.807, 2.05) is 0 Å². The van der Waals surface area contributed by atoms with Gasteiger partial charge in [0, 0.05) is 24.7 Å². The Morgan fingerprint density at radius 3 is 2.27 bits per heavy atom. The van der Waals surface area contributed by atoms with Gasteiger partial charge in [0.05, 0.1) is 0 Å². The van der Waals surface area contributed by atoms with Crippen molar-refractivity contribution in [2.45, 2.75) is 65.6 Å². The van der Waals surface area contributed by atoms with Crippen molar-refractivity contribution in [1.82, 2.24) is 9.80 Å². The van der Waals surface area contributed by atoms with E-state index in [0.717, 1.165) is 6.04 Å². The molecular weight excluding hydrogens is 184 g/mol. The van der Waals surface area contributed by atoms with Gasteiger partial charge in [0.1, 0.15) is 0 Å². The molecule has 1 aliphatic rings. The molecule has 0 radical (unpaired) electrons. The topological polar surface area (TPSA) is 6.48 Å². The summed E-state index contributed by atoms with van der Waals surface area (Å²) in [5, 5.41) is 0. The van der Waals surface area contributed by atoms with Crippen LogP contribution in [0.2, 0.25) is 0 Å². The van der Waals surface area contributed by atoms with Gasteiger partial charge in [0.2, 0.25) is 0 Å². The zero-order valence-corrected chi connectivity index (χ0v) is 11.2. The van der Waals surface area contributed by atoms with Crippen molar-refractivity contribution in [2.75, 3.05) is 19.6 Å². The summed E-state index contributed by atoms with van der Waals surface area (Å²) in [5.74, 6) is 0. The largest absolute Gasteiger partial charge is 0.302 e. The van der Waals surface area contributed by atoms with Gasteiger partial charge in [-0.15, -0.1) is 0 Å². The quantitative estimate of drug-likeness (QED) is 0.691. The summed E-state index contributed by atoms with van der Waals surface area (Å²) >= 11 is 0. The molecule has 0 spiro atoms. The Morgan fingerprint density at radius 1 is 1.20 bits per heavy atom. The molecule has 0 aromatic heterocycles. The van der Waals surface area contributed by atoms with Crippen LogP contribution in [0.1, 0.15) is 47.5 Å². The molecule has 1 saturated heterocycles. The van der Waals surface area contributed by atoms with E-state index >= 15 is 0 Å². The predicted octanol–water partition coefficient (Wildman–Crippen LogP) is 2.59. The second-order valence-electron chi connectivity index (χ2n) is 5.38. The third kappa shape index (κ3) is 3.46. The average molecular weight is 212 g/mol. The first-order valence-electron chi connectivity index (χ1n) is 6.56. The normalized spacial score (nSPS) is 23.6. The summed E-state index contributed by atoms with van der Waals surface area (Å²) in [6.45, 7) is 15.4. The monoisotopic (exact) mass is 212 g/mol. The number of rotatable bonds is 5. The van der Waals surface area contributed by atoms with E-state index in [9.17, 15) is 0 Å². The maximum Gasteiger partial charge on any atom is 0.0240 e. The van der Waals surface area contributed by atoms with Gasteiger partial charge < -0.3 is 4.90 Å². The Balaban J connectivity index is 2.49. The highest BCUT2D eigenvalue weighted by atomic mass is 15.3. The van der Waals surface area contributed by atoms with E-state index in [0.29, 0.717) is 12.1 Å². The molecule has 1 fully saturated rings. The lowest BCUT2D eigenvalue weighted by molar-refractivity contribution is 0.114. The lowest BCUT2D eigenvalue weighted by Crippen LogP contribution is -2.46. The van der Waals surface area contributed by atoms with Crippen LogP contribution in [-0.2, 0) is 0 Å². The van der Waals surface area contributed by atoms with E-state index in [1.165, 1.54) is 32.5 Å². The molecule has 1 heterocycles. The van der Waals surface area contributed by atoms with Gasteiger partial charge in [-0.1, -0.05) is 6.92 Å². The summed E-state index contributed by atoms with van der Waals surface area (Å²) in [5.41, 5.74) is 0. The first-order chi connectivity index (χ1) is 7.06. The summed E-state index contributed by atoms with van der Waals surface area (Å²) in [6.07, 6.45) is 2.65. The molecule has 1 atom stereocenters. The van der Waals surface area contributed by atoms with E-state index in [4.69, 9.17) is 0 Å². The van der Waals surface area contributed by atoms with Gasteiger partial charge in [-0.25, -0.2) is 0 Å². The van der Waals surface area contributed by atoms with Crippen molar-refractivity contribution >= 4 is 0 Å². The van der Waals surface area contributed by atoms with Crippen LogP contribution >= 0.6 is 0 Å². The smallest absolute Gasteiger partial charge is 0.0240 e. The first-order valence-corrected chi connectivity index (χ1v) is 6.56. The minimum absolute atomic E-state index is 0.677. The van der Waals surface area contributed by atoms with Crippen LogP contribution in [0.4, 0.5) is 0 Å².